The number of nitrogens with zero attached hydrogens (tertiary/aromatic N) is 1. The number of nitrogens with one attached hydrogen (secondary N) is 1. The summed E-state index contributed by atoms with van der Waals surface area (Å²) in [5, 5.41) is 2.86. The quantitative estimate of drug-likeness (QED) is 0.806. The number of sulfonamides is 1. The molecule has 0 atom stereocenters. The van der Waals surface area contributed by atoms with Crippen molar-refractivity contribution in [2.24, 2.45) is 0 Å². The van der Waals surface area contributed by atoms with Gasteiger partial charge in [0.25, 0.3) is 5.91 Å². The van der Waals surface area contributed by atoms with Crippen LogP contribution in [-0.2, 0) is 27.7 Å². The van der Waals surface area contributed by atoms with Crippen LogP contribution >= 0.6 is 0 Å². The lowest BCUT2D eigenvalue weighted by molar-refractivity contribution is 0.0730. The standard InChI is InChI=1S/C21H26N2O4S/c1-3-18-8-9-19(21(24)22-15-17-6-4-16(2)5-7-17)14-20(18)28(25,26)23-10-12-27-13-11-23/h4-9,14H,3,10-13,15H2,1-2H3,(H,22,24). The van der Waals surface area contributed by atoms with Crippen LogP contribution in [0.4, 0.5) is 0 Å². The number of carbonyl (C=O) groups is 1. The van der Waals surface area contributed by atoms with Crippen LogP contribution in [0.25, 0.3) is 0 Å². The van der Waals surface area contributed by atoms with Crippen LogP contribution in [0.15, 0.2) is 47.4 Å². The van der Waals surface area contributed by atoms with E-state index in [1.165, 1.54) is 10.4 Å². The molecule has 0 aromatic heterocycles. The third-order valence-electron chi connectivity index (χ3n) is 4.87. The van der Waals surface area contributed by atoms with Crippen LogP contribution in [0.1, 0.15) is 34.0 Å². The first-order chi connectivity index (χ1) is 13.4. The van der Waals surface area contributed by atoms with Gasteiger partial charge < -0.3 is 10.1 Å². The highest BCUT2D eigenvalue weighted by Gasteiger charge is 2.29. The van der Waals surface area contributed by atoms with Crippen LogP contribution < -0.4 is 5.32 Å². The fraction of sp³-hybridized carbons (Fsp3) is 0.381. The van der Waals surface area contributed by atoms with Crippen molar-refractivity contribution in [3.8, 4) is 0 Å². The summed E-state index contributed by atoms with van der Waals surface area (Å²) in [5.74, 6) is -0.290. The van der Waals surface area contributed by atoms with Gasteiger partial charge in [-0.05, 0) is 36.6 Å². The smallest absolute Gasteiger partial charge is 0.251 e. The number of aryl methyl sites for hydroxylation is 2. The predicted octanol–water partition coefficient (Wildman–Crippen LogP) is 2.51. The second-order valence-electron chi connectivity index (χ2n) is 6.86. The molecule has 0 unspecified atom stereocenters. The zero-order chi connectivity index (χ0) is 20.1. The zero-order valence-electron chi connectivity index (χ0n) is 16.3. The Hall–Kier alpha value is -2.22. The minimum absolute atomic E-state index is 0.208. The molecule has 1 heterocycles. The van der Waals surface area contributed by atoms with Crippen LogP contribution in [-0.4, -0.2) is 44.9 Å². The fourth-order valence-electron chi connectivity index (χ4n) is 3.14. The Morgan fingerprint density at radius 3 is 2.43 bits per heavy atom. The molecular weight excluding hydrogens is 376 g/mol. The average molecular weight is 403 g/mol. The molecule has 28 heavy (non-hydrogen) atoms. The van der Waals surface area contributed by atoms with Crippen molar-refractivity contribution in [2.45, 2.75) is 31.7 Å². The van der Waals surface area contributed by atoms with Crippen molar-refractivity contribution in [1.82, 2.24) is 9.62 Å². The molecule has 1 amide bonds. The number of rotatable bonds is 6. The van der Waals surface area contributed by atoms with Gasteiger partial charge in [-0.15, -0.1) is 0 Å². The van der Waals surface area contributed by atoms with E-state index in [1.807, 2.05) is 38.1 Å². The first-order valence-electron chi connectivity index (χ1n) is 9.46. The molecule has 150 valence electrons. The van der Waals surface area contributed by atoms with E-state index in [9.17, 15) is 13.2 Å². The molecule has 0 spiro atoms. The number of carbonyl (C=O) groups excluding carboxylic acids is 1. The predicted molar refractivity (Wildman–Crippen MR) is 108 cm³/mol. The fourth-order valence-corrected chi connectivity index (χ4v) is 4.87. The molecule has 7 heteroatoms. The lowest BCUT2D eigenvalue weighted by Gasteiger charge is -2.27. The van der Waals surface area contributed by atoms with Crippen molar-refractivity contribution < 1.29 is 17.9 Å². The summed E-state index contributed by atoms with van der Waals surface area (Å²) in [6.07, 6.45) is 0.574. The summed E-state index contributed by atoms with van der Waals surface area (Å²) in [6.45, 7) is 5.73. The Morgan fingerprint density at radius 1 is 1.11 bits per heavy atom. The highest BCUT2D eigenvalue weighted by molar-refractivity contribution is 7.89. The van der Waals surface area contributed by atoms with E-state index in [1.54, 1.807) is 12.1 Å². The lowest BCUT2D eigenvalue weighted by Crippen LogP contribution is -2.41. The molecule has 6 nitrogen and oxygen atoms in total. The van der Waals surface area contributed by atoms with Crippen molar-refractivity contribution >= 4 is 15.9 Å². The Morgan fingerprint density at radius 2 is 1.79 bits per heavy atom. The summed E-state index contributed by atoms with van der Waals surface area (Å²) >= 11 is 0. The molecule has 1 aliphatic rings. The van der Waals surface area contributed by atoms with Crippen LogP contribution in [0.3, 0.4) is 0 Å². The number of amides is 1. The summed E-state index contributed by atoms with van der Waals surface area (Å²) in [4.78, 5) is 12.8. The number of morpholine rings is 1. The van der Waals surface area contributed by atoms with Gasteiger partial charge >= 0.3 is 0 Å². The van der Waals surface area contributed by atoms with Gasteiger partial charge in [-0.2, -0.15) is 4.31 Å². The highest BCUT2D eigenvalue weighted by Crippen LogP contribution is 2.23. The third-order valence-corrected chi connectivity index (χ3v) is 6.85. The first kappa shape index (κ1) is 20.5. The van der Waals surface area contributed by atoms with Crippen LogP contribution in [0.5, 0.6) is 0 Å². The number of hydrogen-bond acceptors (Lipinski definition) is 4. The van der Waals surface area contributed by atoms with Crippen molar-refractivity contribution in [2.75, 3.05) is 26.3 Å². The second-order valence-corrected chi connectivity index (χ2v) is 8.77. The first-order valence-corrected chi connectivity index (χ1v) is 10.9. The minimum atomic E-state index is -3.66. The van der Waals surface area contributed by atoms with Crippen molar-refractivity contribution in [3.63, 3.8) is 0 Å². The van der Waals surface area contributed by atoms with Gasteiger partial charge in [0.05, 0.1) is 18.1 Å². The molecule has 0 saturated carbocycles. The third kappa shape index (κ3) is 4.60. The molecule has 3 rings (SSSR count). The molecule has 1 N–H and O–H groups in total. The topological polar surface area (TPSA) is 75.7 Å². The van der Waals surface area contributed by atoms with E-state index in [2.05, 4.69) is 5.32 Å². The summed E-state index contributed by atoms with van der Waals surface area (Å²) in [6, 6.07) is 12.8. The summed E-state index contributed by atoms with van der Waals surface area (Å²) in [5.41, 5.74) is 3.20. The summed E-state index contributed by atoms with van der Waals surface area (Å²) in [7, 11) is -3.66. The van der Waals surface area contributed by atoms with Gasteiger partial charge in [0.2, 0.25) is 10.0 Å². The molecule has 0 bridgehead atoms. The van der Waals surface area contributed by atoms with Crippen LogP contribution in [0.2, 0.25) is 0 Å². The van der Waals surface area contributed by atoms with E-state index in [4.69, 9.17) is 4.74 Å². The monoisotopic (exact) mass is 402 g/mol. The Balaban J connectivity index is 1.81. The minimum Gasteiger partial charge on any atom is -0.379 e. The zero-order valence-corrected chi connectivity index (χ0v) is 17.1. The van der Waals surface area contributed by atoms with Crippen LogP contribution in [0, 0.1) is 6.92 Å². The average Bonchev–Trinajstić information content (AvgIpc) is 2.73. The molecule has 1 fully saturated rings. The van der Waals surface area contributed by atoms with Gasteiger partial charge in [-0.25, -0.2) is 8.42 Å². The van der Waals surface area contributed by atoms with Gasteiger partial charge in [-0.1, -0.05) is 42.8 Å². The number of ether oxygens (including phenoxy) is 1. The maximum absolute atomic E-state index is 13.1. The maximum atomic E-state index is 13.1. The Kier molecular flexibility index (Phi) is 6.49. The molecule has 1 aliphatic heterocycles. The van der Waals surface area contributed by atoms with Gasteiger partial charge in [0.15, 0.2) is 0 Å². The number of hydrogen-bond donors (Lipinski definition) is 1. The van der Waals surface area contributed by atoms with Gasteiger partial charge in [-0.3, -0.25) is 4.79 Å². The molecule has 1 saturated heterocycles. The summed E-state index contributed by atoms with van der Waals surface area (Å²) < 4.78 is 32.9. The molecular formula is C21H26N2O4S. The van der Waals surface area contributed by atoms with E-state index < -0.39 is 10.0 Å². The van der Waals surface area contributed by atoms with E-state index >= 15 is 0 Å². The normalized spacial score (nSPS) is 15.4. The Labute approximate surface area is 166 Å². The molecule has 2 aromatic carbocycles. The number of benzene rings is 2. The Bertz CT molecular complexity index is 933. The molecule has 0 aliphatic carbocycles. The van der Waals surface area contributed by atoms with Crippen molar-refractivity contribution in [3.05, 3.63) is 64.7 Å². The maximum Gasteiger partial charge on any atom is 0.251 e. The molecule has 2 aromatic rings. The SMILES string of the molecule is CCc1ccc(C(=O)NCc2ccc(C)cc2)cc1S(=O)(=O)N1CCOCC1. The van der Waals surface area contributed by atoms with E-state index in [-0.39, 0.29) is 10.8 Å². The lowest BCUT2D eigenvalue weighted by atomic mass is 10.1. The van der Waals surface area contributed by atoms with E-state index in [0.29, 0.717) is 50.4 Å². The van der Waals surface area contributed by atoms with E-state index in [0.717, 1.165) is 11.1 Å². The van der Waals surface area contributed by atoms with Gasteiger partial charge in [0.1, 0.15) is 0 Å². The van der Waals surface area contributed by atoms with Gasteiger partial charge in [0, 0.05) is 25.2 Å². The highest BCUT2D eigenvalue weighted by atomic mass is 32.2. The second kappa shape index (κ2) is 8.86. The van der Waals surface area contributed by atoms with Crippen molar-refractivity contribution in [1.29, 1.82) is 0 Å². The molecule has 0 radical (unpaired) electrons. The largest absolute Gasteiger partial charge is 0.379 e.